The number of anilines is 1. The highest BCUT2D eigenvalue weighted by atomic mass is 32.1. The van der Waals surface area contributed by atoms with E-state index in [2.05, 4.69) is 37.6 Å². The molecule has 0 unspecified atom stereocenters. The molecule has 3 rings (SSSR count). The lowest BCUT2D eigenvalue weighted by Gasteiger charge is -2.10. The van der Waals surface area contributed by atoms with Gasteiger partial charge in [0, 0.05) is 30.2 Å². The number of carbonyl (C=O) groups is 1. The second-order valence-corrected chi connectivity index (χ2v) is 6.12. The van der Waals surface area contributed by atoms with E-state index in [9.17, 15) is 4.79 Å². The molecule has 3 aromatic rings. The van der Waals surface area contributed by atoms with E-state index in [1.807, 2.05) is 6.20 Å². The number of thiazole rings is 1. The zero-order valence-corrected chi connectivity index (χ0v) is 14.0. The maximum absolute atomic E-state index is 12.1. The first-order valence-corrected chi connectivity index (χ1v) is 8.36. The van der Waals surface area contributed by atoms with Gasteiger partial charge in [-0.1, -0.05) is 6.92 Å². The Morgan fingerprint density at radius 2 is 2.29 bits per heavy atom. The summed E-state index contributed by atoms with van der Waals surface area (Å²) in [5, 5.41) is 10.7. The summed E-state index contributed by atoms with van der Waals surface area (Å²) in [4.78, 5) is 25.8. The summed E-state index contributed by atoms with van der Waals surface area (Å²) in [5.74, 6) is 0.512. The lowest BCUT2D eigenvalue weighted by Crippen LogP contribution is -2.31. The third-order valence-corrected chi connectivity index (χ3v) is 4.45. The Morgan fingerprint density at radius 3 is 3.04 bits per heavy atom. The lowest BCUT2D eigenvalue weighted by atomic mass is 10.4. The number of nitrogens with zero attached hydrogens (tertiary/aromatic N) is 5. The van der Waals surface area contributed by atoms with Gasteiger partial charge < -0.3 is 10.6 Å². The van der Waals surface area contributed by atoms with Crippen molar-refractivity contribution in [1.82, 2.24) is 30.0 Å². The molecule has 2 amide bonds. The zero-order valence-electron chi connectivity index (χ0n) is 13.1. The van der Waals surface area contributed by atoms with Crippen molar-refractivity contribution in [2.75, 3.05) is 11.9 Å². The van der Waals surface area contributed by atoms with Crippen LogP contribution in [0.1, 0.15) is 16.8 Å². The fourth-order valence-corrected chi connectivity index (χ4v) is 2.93. The van der Waals surface area contributed by atoms with Crippen LogP contribution in [0.4, 0.5) is 10.5 Å². The number of aromatic nitrogens is 5. The number of hydrogen-bond donors (Lipinski definition) is 2. The van der Waals surface area contributed by atoms with Gasteiger partial charge >= 0.3 is 6.03 Å². The summed E-state index contributed by atoms with van der Waals surface area (Å²) in [7, 11) is 0. The molecule has 0 aromatic carbocycles. The van der Waals surface area contributed by atoms with Crippen LogP contribution >= 0.6 is 11.3 Å². The van der Waals surface area contributed by atoms with Crippen LogP contribution in [-0.4, -0.2) is 37.3 Å². The summed E-state index contributed by atoms with van der Waals surface area (Å²) in [5.41, 5.74) is 0.558. The summed E-state index contributed by atoms with van der Waals surface area (Å²) in [6, 6.07) is 3.21. The minimum Gasteiger partial charge on any atom is -0.337 e. The van der Waals surface area contributed by atoms with Gasteiger partial charge in [-0.2, -0.15) is 5.10 Å². The van der Waals surface area contributed by atoms with Gasteiger partial charge in [0.05, 0.1) is 10.7 Å². The number of urea groups is 1. The van der Waals surface area contributed by atoms with Gasteiger partial charge in [-0.15, -0.1) is 11.3 Å². The van der Waals surface area contributed by atoms with Gasteiger partial charge in [0.2, 0.25) is 0 Å². The number of carbonyl (C=O) groups excluding carboxylic acids is 1. The molecule has 24 heavy (non-hydrogen) atoms. The van der Waals surface area contributed by atoms with Crippen molar-refractivity contribution < 1.29 is 4.79 Å². The minimum atomic E-state index is -0.295. The number of hydrogen-bond acceptors (Lipinski definition) is 6. The molecular formula is C15H17N7OS. The van der Waals surface area contributed by atoms with E-state index in [-0.39, 0.29) is 6.03 Å². The Bertz CT molecular complexity index is 800. The normalized spacial score (nSPS) is 10.5. The van der Waals surface area contributed by atoms with Crippen LogP contribution < -0.4 is 10.6 Å². The molecule has 124 valence electrons. The first-order chi connectivity index (χ1) is 11.8. The summed E-state index contributed by atoms with van der Waals surface area (Å²) in [6.07, 6.45) is 8.16. The maximum atomic E-state index is 12.1. The van der Waals surface area contributed by atoms with Crippen LogP contribution in [0.25, 0.3) is 5.82 Å². The van der Waals surface area contributed by atoms with E-state index in [0.717, 1.165) is 11.4 Å². The second kappa shape index (κ2) is 7.64. The fourth-order valence-electron chi connectivity index (χ4n) is 2.07. The maximum Gasteiger partial charge on any atom is 0.319 e. The van der Waals surface area contributed by atoms with Crippen molar-refractivity contribution >= 4 is 23.1 Å². The van der Waals surface area contributed by atoms with E-state index in [1.165, 1.54) is 22.2 Å². The van der Waals surface area contributed by atoms with E-state index in [4.69, 9.17) is 0 Å². The van der Waals surface area contributed by atoms with Crippen LogP contribution in [0.15, 0.2) is 37.2 Å². The average molecular weight is 343 g/mol. The molecule has 0 spiro atoms. The van der Waals surface area contributed by atoms with Crippen molar-refractivity contribution in [3.63, 3.8) is 0 Å². The Hall–Kier alpha value is -2.81. The topological polar surface area (TPSA) is 97.6 Å². The standard InChI is InChI=1S/C15H17N7OS/c1-2-11-8-19-13(24-11)5-7-18-15(23)21-12-4-3-6-17-14(12)22-10-16-9-20-22/h3-4,6,8-10H,2,5,7H2,1H3,(H2,18,21,23). The molecule has 0 saturated carbocycles. The molecule has 0 atom stereocenters. The van der Waals surface area contributed by atoms with Crippen molar-refractivity contribution in [3.8, 4) is 5.82 Å². The third-order valence-electron chi connectivity index (χ3n) is 3.24. The van der Waals surface area contributed by atoms with Gasteiger partial charge in [0.1, 0.15) is 12.7 Å². The van der Waals surface area contributed by atoms with Gasteiger partial charge in [0.25, 0.3) is 0 Å². The SMILES string of the molecule is CCc1cnc(CCNC(=O)Nc2cccnc2-n2cncn2)s1. The van der Waals surface area contributed by atoms with Crippen LogP contribution in [0, 0.1) is 0 Å². The number of rotatable bonds is 6. The molecule has 0 radical (unpaired) electrons. The van der Waals surface area contributed by atoms with Crippen molar-refractivity contribution in [3.05, 3.63) is 47.1 Å². The highest BCUT2D eigenvalue weighted by Crippen LogP contribution is 2.16. The summed E-state index contributed by atoms with van der Waals surface area (Å²) in [6.45, 7) is 2.62. The second-order valence-electron chi connectivity index (χ2n) is 4.92. The van der Waals surface area contributed by atoms with Gasteiger partial charge in [-0.05, 0) is 18.6 Å². The quantitative estimate of drug-likeness (QED) is 0.714. The molecule has 3 aromatic heterocycles. The predicted octanol–water partition coefficient (Wildman–Crippen LogP) is 2.05. The van der Waals surface area contributed by atoms with Gasteiger partial charge in [0.15, 0.2) is 5.82 Å². The molecule has 0 aliphatic rings. The molecule has 0 saturated heterocycles. The molecule has 0 aliphatic carbocycles. The number of pyridine rings is 1. The monoisotopic (exact) mass is 343 g/mol. The largest absolute Gasteiger partial charge is 0.337 e. The average Bonchev–Trinajstić information content (AvgIpc) is 3.27. The molecule has 8 nitrogen and oxygen atoms in total. The molecule has 3 heterocycles. The Morgan fingerprint density at radius 1 is 1.38 bits per heavy atom. The molecule has 0 fully saturated rings. The molecule has 0 bridgehead atoms. The molecule has 0 aliphatic heterocycles. The highest BCUT2D eigenvalue weighted by molar-refractivity contribution is 7.11. The Kier molecular flexibility index (Phi) is 5.12. The van der Waals surface area contributed by atoms with Crippen molar-refractivity contribution in [2.24, 2.45) is 0 Å². The van der Waals surface area contributed by atoms with E-state index >= 15 is 0 Å². The Labute approximate surface area is 143 Å². The first-order valence-electron chi connectivity index (χ1n) is 7.54. The number of aryl methyl sites for hydroxylation is 1. The van der Waals surface area contributed by atoms with Crippen LogP contribution in [0.2, 0.25) is 0 Å². The zero-order chi connectivity index (χ0) is 16.8. The summed E-state index contributed by atoms with van der Waals surface area (Å²) < 4.78 is 1.50. The minimum absolute atomic E-state index is 0.295. The third kappa shape index (κ3) is 3.93. The van der Waals surface area contributed by atoms with E-state index in [1.54, 1.807) is 29.7 Å². The molecular weight excluding hydrogens is 326 g/mol. The lowest BCUT2D eigenvalue weighted by molar-refractivity contribution is 0.252. The van der Waals surface area contributed by atoms with Crippen LogP contribution in [0.3, 0.4) is 0 Å². The predicted molar refractivity (Wildman–Crippen MR) is 91.4 cm³/mol. The Balaban J connectivity index is 1.55. The van der Waals surface area contributed by atoms with Crippen LogP contribution in [-0.2, 0) is 12.8 Å². The number of nitrogens with one attached hydrogen (secondary N) is 2. The van der Waals surface area contributed by atoms with Crippen molar-refractivity contribution in [1.29, 1.82) is 0 Å². The van der Waals surface area contributed by atoms with Gasteiger partial charge in [-0.3, -0.25) is 0 Å². The highest BCUT2D eigenvalue weighted by Gasteiger charge is 2.10. The number of amides is 2. The molecule has 2 N–H and O–H groups in total. The smallest absolute Gasteiger partial charge is 0.319 e. The fraction of sp³-hybridized carbons (Fsp3) is 0.267. The summed E-state index contributed by atoms with van der Waals surface area (Å²) >= 11 is 1.68. The molecule has 9 heteroatoms. The van der Waals surface area contributed by atoms with Crippen LogP contribution in [0.5, 0.6) is 0 Å². The van der Waals surface area contributed by atoms with E-state index < -0.39 is 0 Å². The van der Waals surface area contributed by atoms with Gasteiger partial charge in [-0.25, -0.2) is 24.4 Å². The first kappa shape index (κ1) is 16.1. The van der Waals surface area contributed by atoms with Crippen molar-refractivity contribution in [2.45, 2.75) is 19.8 Å². The van der Waals surface area contributed by atoms with E-state index in [0.29, 0.717) is 24.5 Å².